The van der Waals surface area contributed by atoms with E-state index in [4.69, 9.17) is 9.88 Å². The summed E-state index contributed by atoms with van der Waals surface area (Å²) in [5, 5.41) is 8.64. The van der Waals surface area contributed by atoms with E-state index in [2.05, 4.69) is 19.2 Å². The van der Waals surface area contributed by atoms with Crippen molar-refractivity contribution >= 4 is 15.7 Å². The lowest BCUT2D eigenvalue weighted by Gasteiger charge is -2.36. The molecular formula is C14H22N2O3S. The first-order valence-corrected chi connectivity index (χ1v) is 8.27. The van der Waals surface area contributed by atoms with Crippen LogP contribution in [-0.4, -0.2) is 26.7 Å². The zero-order valence-corrected chi connectivity index (χ0v) is 13.0. The summed E-state index contributed by atoms with van der Waals surface area (Å²) in [5.74, 6) is 0. The second-order valence-electron chi connectivity index (χ2n) is 5.92. The van der Waals surface area contributed by atoms with Gasteiger partial charge in [-0.3, -0.25) is 0 Å². The van der Waals surface area contributed by atoms with Crippen LogP contribution in [0.15, 0.2) is 23.1 Å². The van der Waals surface area contributed by atoms with Gasteiger partial charge in [0.05, 0.1) is 10.5 Å². The van der Waals surface area contributed by atoms with Crippen LogP contribution in [-0.2, 0) is 14.8 Å². The number of hydrogen-bond donors (Lipinski definition) is 2. The van der Waals surface area contributed by atoms with Gasteiger partial charge in [0.15, 0.2) is 0 Å². The highest BCUT2D eigenvalue weighted by atomic mass is 32.2. The standard InChI is InChI=1S/C14H22N2O3S/c1-10-12(5-4-6-13(10)20(15,17)18)16-11-7-8-19-14(2,3)9-11/h4-6,11,16H,7-9H2,1-3H3,(H2,15,17,18). The number of sulfonamides is 1. The molecule has 6 heteroatoms. The van der Waals surface area contributed by atoms with Crippen LogP contribution >= 0.6 is 0 Å². The Morgan fingerprint density at radius 1 is 1.40 bits per heavy atom. The molecule has 1 atom stereocenters. The number of nitrogens with two attached hydrogens (primary N) is 1. The molecule has 1 aliphatic rings. The molecule has 5 nitrogen and oxygen atoms in total. The average Bonchev–Trinajstić information content (AvgIpc) is 2.29. The van der Waals surface area contributed by atoms with E-state index in [0.717, 1.165) is 18.5 Å². The van der Waals surface area contributed by atoms with Crippen molar-refractivity contribution in [1.82, 2.24) is 0 Å². The smallest absolute Gasteiger partial charge is 0.238 e. The summed E-state index contributed by atoms with van der Waals surface area (Å²) >= 11 is 0. The highest BCUT2D eigenvalue weighted by Gasteiger charge is 2.29. The van der Waals surface area contributed by atoms with Gasteiger partial charge in [-0.15, -0.1) is 0 Å². The fourth-order valence-electron chi connectivity index (χ4n) is 2.65. The van der Waals surface area contributed by atoms with Crippen molar-refractivity contribution in [3.05, 3.63) is 23.8 Å². The molecule has 1 unspecified atom stereocenters. The van der Waals surface area contributed by atoms with Crippen LogP contribution in [0, 0.1) is 6.92 Å². The summed E-state index contributed by atoms with van der Waals surface area (Å²) in [5.41, 5.74) is 1.33. The number of benzene rings is 1. The zero-order valence-electron chi connectivity index (χ0n) is 12.1. The van der Waals surface area contributed by atoms with E-state index in [9.17, 15) is 8.42 Å². The SMILES string of the molecule is Cc1c(NC2CCOC(C)(C)C2)cccc1S(N)(=O)=O. The molecule has 1 aromatic rings. The van der Waals surface area contributed by atoms with Gasteiger partial charge in [-0.1, -0.05) is 6.07 Å². The van der Waals surface area contributed by atoms with Crippen molar-refractivity contribution in [1.29, 1.82) is 0 Å². The molecule has 1 aromatic carbocycles. The highest BCUT2D eigenvalue weighted by molar-refractivity contribution is 7.89. The van der Waals surface area contributed by atoms with Crippen molar-refractivity contribution < 1.29 is 13.2 Å². The Hall–Kier alpha value is -1.11. The van der Waals surface area contributed by atoms with Crippen LogP contribution < -0.4 is 10.5 Å². The van der Waals surface area contributed by atoms with Gasteiger partial charge in [-0.25, -0.2) is 13.6 Å². The lowest BCUT2D eigenvalue weighted by Crippen LogP contribution is -2.40. The van der Waals surface area contributed by atoms with Crippen LogP contribution in [0.25, 0.3) is 0 Å². The summed E-state index contributed by atoms with van der Waals surface area (Å²) in [4.78, 5) is 0.175. The van der Waals surface area contributed by atoms with Gasteiger partial charge in [-0.2, -0.15) is 0 Å². The average molecular weight is 298 g/mol. The lowest BCUT2D eigenvalue weighted by molar-refractivity contribution is -0.0553. The van der Waals surface area contributed by atoms with Gasteiger partial charge in [0.25, 0.3) is 0 Å². The number of hydrogen-bond acceptors (Lipinski definition) is 4. The van der Waals surface area contributed by atoms with E-state index in [1.165, 1.54) is 6.07 Å². The molecule has 20 heavy (non-hydrogen) atoms. The fraction of sp³-hybridized carbons (Fsp3) is 0.571. The summed E-state index contributed by atoms with van der Waals surface area (Å²) in [6.07, 6.45) is 1.79. The fourth-order valence-corrected chi connectivity index (χ4v) is 3.46. The van der Waals surface area contributed by atoms with Gasteiger partial charge in [-0.05, 0) is 51.3 Å². The first-order chi connectivity index (χ1) is 9.19. The predicted octanol–water partition coefficient (Wildman–Crippen LogP) is 2.01. The molecule has 0 saturated carbocycles. The number of rotatable bonds is 3. The van der Waals surface area contributed by atoms with Gasteiger partial charge in [0, 0.05) is 18.3 Å². The molecule has 0 bridgehead atoms. The third-order valence-electron chi connectivity index (χ3n) is 3.65. The maximum atomic E-state index is 11.5. The second-order valence-corrected chi connectivity index (χ2v) is 7.45. The monoisotopic (exact) mass is 298 g/mol. The Morgan fingerprint density at radius 3 is 2.70 bits per heavy atom. The molecule has 0 spiro atoms. The Balaban J connectivity index is 2.22. The number of ether oxygens (including phenoxy) is 1. The highest BCUT2D eigenvalue weighted by Crippen LogP contribution is 2.29. The van der Waals surface area contributed by atoms with Crippen molar-refractivity contribution in [3.8, 4) is 0 Å². The van der Waals surface area contributed by atoms with E-state index in [0.29, 0.717) is 12.2 Å². The van der Waals surface area contributed by atoms with Gasteiger partial charge >= 0.3 is 0 Å². The van der Waals surface area contributed by atoms with Crippen molar-refractivity contribution in [3.63, 3.8) is 0 Å². The molecule has 0 amide bonds. The van der Waals surface area contributed by atoms with Crippen LogP contribution in [0.5, 0.6) is 0 Å². The maximum absolute atomic E-state index is 11.5. The first kappa shape index (κ1) is 15.3. The molecule has 3 N–H and O–H groups in total. The molecule has 2 rings (SSSR count). The predicted molar refractivity (Wildman–Crippen MR) is 79.2 cm³/mol. The van der Waals surface area contributed by atoms with Gasteiger partial charge < -0.3 is 10.1 Å². The second kappa shape index (κ2) is 5.35. The zero-order chi connectivity index (χ0) is 15.0. The summed E-state index contributed by atoms with van der Waals surface area (Å²) in [6, 6.07) is 5.39. The number of nitrogens with one attached hydrogen (secondary N) is 1. The summed E-state index contributed by atoms with van der Waals surface area (Å²) in [7, 11) is -3.68. The molecule has 112 valence electrons. The van der Waals surface area contributed by atoms with Crippen LogP contribution in [0.1, 0.15) is 32.3 Å². The first-order valence-electron chi connectivity index (χ1n) is 6.72. The van der Waals surface area contributed by atoms with E-state index in [1.54, 1.807) is 13.0 Å². The third-order valence-corrected chi connectivity index (χ3v) is 4.70. The third kappa shape index (κ3) is 3.50. The van der Waals surface area contributed by atoms with E-state index < -0.39 is 10.0 Å². The molecule has 0 aliphatic carbocycles. The maximum Gasteiger partial charge on any atom is 0.238 e. The van der Waals surface area contributed by atoms with Crippen molar-refractivity contribution in [2.45, 2.75) is 50.2 Å². The minimum atomic E-state index is -3.68. The Labute approximate surface area is 120 Å². The Morgan fingerprint density at radius 2 is 2.10 bits per heavy atom. The Bertz CT molecular complexity index is 596. The number of primary sulfonamides is 1. The van der Waals surface area contributed by atoms with Crippen molar-refractivity contribution in [2.24, 2.45) is 5.14 Å². The molecule has 1 fully saturated rings. The van der Waals surface area contributed by atoms with Crippen LogP contribution in [0.2, 0.25) is 0 Å². The van der Waals surface area contributed by atoms with E-state index in [-0.39, 0.29) is 16.5 Å². The quantitative estimate of drug-likeness (QED) is 0.894. The minimum Gasteiger partial charge on any atom is -0.382 e. The molecule has 1 saturated heterocycles. The molecule has 0 aromatic heterocycles. The lowest BCUT2D eigenvalue weighted by atomic mass is 9.93. The summed E-state index contributed by atoms with van der Waals surface area (Å²) < 4.78 is 28.7. The Kier molecular flexibility index (Phi) is 4.09. The van der Waals surface area contributed by atoms with Gasteiger partial charge in [0.1, 0.15) is 0 Å². The molecular weight excluding hydrogens is 276 g/mol. The molecule has 1 heterocycles. The normalized spacial score (nSPS) is 22.5. The minimum absolute atomic E-state index is 0.151. The van der Waals surface area contributed by atoms with Crippen molar-refractivity contribution in [2.75, 3.05) is 11.9 Å². The molecule has 0 radical (unpaired) electrons. The van der Waals surface area contributed by atoms with Gasteiger partial charge in [0.2, 0.25) is 10.0 Å². The topological polar surface area (TPSA) is 81.4 Å². The number of anilines is 1. The molecule has 1 aliphatic heterocycles. The largest absolute Gasteiger partial charge is 0.382 e. The van der Waals surface area contributed by atoms with Crippen LogP contribution in [0.3, 0.4) is 0 Å². The van der Waals surface area contributed by atoms with Crippen LogP contribution in [0.4, 0.5) is 5.69 Å². The van der Waals surface area contributed by atoms with E-state index >= 15 is 0 Å². The summed E-state index contributed by atoms with van der Waals surface area (Å²) in [6.45, 7) is 6.61. The van der Waals surface area contributed by atoms with E-state index in [1.807, 2.05) is 6.07 Å².